The number of methoxy groups -OCH3 is 2. The van der Waals surface area contributed by atoms with Crippen molar-refractivity contribution in [2.24, 2.45) is 0 Å². The summed E-state index contributed by atoms with van der Waals surface area (Å²) < 4.78 is 15.5. The highest BCUT2D eigenvalue weighted by molar-refractivity contribution is 5.69. The molecule has 0 aliphatic heterocycles. The third-order valence-electron chi connectivity index (χ3n) is 2.65. The predicted molar refractivity (Wildman–Crippen MR) is 72.5 cm³/mol. The number of hydrogen-bond acceptors (Lipinski definition) is 5. The van der Waals surface area contributed by atoms with Crippen LogP contribution < -0.4 is 14.8 Å². The van der Waals surface area contributed by atoms with Gasteiger partial charge in [0, 0.05) is 24.6 Å². The Morgan fingerprint density at radius 1 is 1.32 bits per heavy atom. The van der Waals surface area contributed by atoms with Crippen molar-refractivity contribution in [3.05, 3.63) is 23.8 Å². The van der Waals surface area contributed by atoms with Crippen molar-refractivity contribution in [1.82, 2.24) is 5.32 Å². The van der Waals surface area contributed by atoms with Crippen molar-refractivity contribution >= 4 is 5.97 Å². The maximum atomic E-state index is 11.0. The molecule has 0 aromatic heterocycles. The summed E-state index contributed by atoms with van der Waals surface area (Å²) in [5.74, 6) is 1.31. The lowest BCUT2D eigenvalue weighted by Crippen LogP contribution is -2.09. The molecule has 0 saturated carbocycles. The van der Waals surface area contributed by atoms with Crippen molar-refractivity contribution in [2.45, 2.75) is 19.4 Å². The van der Waals surface area contributed by atoms with E-state index in [0.717, 1.165) is 23.6 Å². The second-order valence-corrected chi connectivity index (χ2v) is 4.03. The first-order valence-corrected chi connectivity index (χ1v) is 6.22. The van der Waals surface area contributed by atoms with Gasteiger partial charge in [0.2, 0.25) is 0 Å². The van der Waals surface area contributed by atoms with Gasteiger partial charge in [-0.3, -0.25) is 4.79 Å². The second kappa shape index (κ2) is 8.37. The topological polar surface area (TPSA) is 56.8 Å². The number of rotatable bonds is 8. The lowest BCUT2D eigenvalue weighted by Gasteiger charge is -2.12. The molecule has 106 valence electrons. The smallest absolute Gasteiger partial charge is 0.305 e. The maximum absolute atomic E-state index is 11.0. The molecule has 0 amide bonds. The van der Waals surface area contributed by atoms with Crippen molar-refractivity contribution in [3.8, 4) is 11.5 Å². The first kappa shape index (κ1) is 15.3. The standard InChI is InChI=1S/C14H21NO4/c1-15-10-11-6-7-12(17-2)9-13(11)19-8-4-5-14(16)18-3/h6-7,9,15H,4-5,8,10H2,1-3H3. The highest BCUT2D eigenvalue weighted by atomic mass is 16.5. The van der Waals surface area contributed by atoms with Gasteiger partial charge < -0.3 is 19.5 Å². The highest BCUT2D eigenvalue weighted by Crippen LogP contribution is 2.25. The van der Waals surface area contributed by atoms with Gasteiger partial charge in [0.05, 0.1) is 20.8 Å². The van der Waals surface area contributed by atoms with Gasteiger partial charge in [-0.15, -0.1) is 0 Å². The van der Waals surface area contributed by atoms with E-state index in [2.05, 4.69) is 10.1 Å². The van der Waals surface area contributed by atoms with Crippen LogP contribution in [0.25, 0.3) is 0 Å². The molecule has 1 rings (SSSR count). The van der Waals surface area contributed by atoms with Crippen LogP contribution in [0.15, 0.2) is 18.2 Å². The molecule has 0 aliphatic carbocycles. The third-order valence-corrected chi connectivity index (χ3v) is 2.65. The van der Waals surface area contributed by atoms with E-state index in [-0.39, 0.29) is 5.97 Å². The largest absolute Gasteiger partial charge is 0.497 e. The minimum absolute atomic E-state index is 0.218. The summed E-state index contributed by atoms with van der Waals surface area (Å²) in [4.78, 5) is 11.0. The third kappa shape index (κ3) is 5.18. The van der Waals surface area contributed by atoms with Crippen LogP contribution in [-0.2, 0) is 16.1 Å². The molecule has 1 aromatic carbocycles. The Bertz CT molecular complexity index is 406. The van der Waals surface area contributed by atoms with E-state index < -0.39 is 0 Å². The van der Waals surface area contributed by atoms with Crippen LogP contribution in [0, 0.1) is 0 Å². The van der Waals surface area contributed by atoms with E-state index >= 15 is 0 Å². The molecule has 0 radical (unpaired) electrons. The first-order valence-electron chi connectivity index (χ1n) is 6.22. The number of hydrogen-bond donors (Lipinski definition) is 1. The van der Waals surface area contributed by atoms with Crippen molar-refractivity contribution < 1.29 is 19.0 Å². The summed E-state index contributed by atoms with van der Waals surface area (Å²) in [7, 11) is 4.88. The maximum Gasteiger partial charge on any atom is 0.305 e. The van der Waals surface area contributed by atoms with Crippen molar-refractivity contribution in [3.63, 3.8) is 0 Å². The zero-order valence-electron chi connectivity index (χ0n) is 11.7. The summed E-state index contributed by atoms with van der Waals surface area (Å²) in [6.45, 7) is 1.19. The minimum Gasteiger partial charge on any atom is -0.497 e. The average Bonchev–Trinajstić information content (AvgIpc) is 2.44. The number of nitrogens with one attached hydrogen (secondary N) is 1. The molecule has 5 heteroatoms. The fourth-order valence-electron chi connectivity index (χ4n) is 1.63. The van der Waals surface area contributed by atoms with Crippen LogP contribution in [0.4, 0.5) is 0 Å². The van der Waals surface area contributed by atoms with Gasteiger partial charge in [-0.25, -0.2) is 0 Å². The van der Waals surface area contributed by atoms with E-state index in [4.69, 9.17) is 9.47 Å². The Morgan fingerprint density at radius 3 is 2.74 bits per heavy atom. The van der Waals surface area contributed by atoms with E-state index in [1.165, 1.54) is 7.11 Å². The van der Waals surface area contributed by atoms with E-state index in [9.17, 15) is 4.79 Å². The fourth-order valence-corrected chi connectivity index (χ4v) is 1.63. The number of carbonyl (C=O) groups is 1. The normalized spacial score (nSPS) is 10.1. The van der Waals surface area contributed by atoms with Gasteiger partial charge in [0.25, 0.3) is 0 Å². The number of benzene rings is 1. The molecule has 0 spiro atoms. The molecule has 0 heterocycles. The zero-order chi connectivity index (χ0) is 14.1. The van der Waals surface area contributed by atoms with Crippen LogP contribution in [0.3, 0.4) is 0 Å². The molecular formula is C14H21NO4. The summed E-state index contributed by atoms with van der Waals surface area (Å²) in [6.07, 6.45) is 0.991. The van der Waals surface area contributed by atoms with Gasteiger partial charge in [-0.2, -0.15) is 0 Å². The summed E-state index contributed by atoms with van der Waals surface area (Å²) in [5, 5.41) is 3.08. The predicted octanol–water partition coefficient (Wildman–Crippen LogP) is 1.75. The summed E-state index contributed by atoms with van der Waals surface area (Å²) in [6, 6.07) is 5.71. The number of esters is 1. The Hall–Kier alpha value is -1.75. The Morgan fingerprint density at radius 2 is 2.11 bits per heavy atom. The molecule has 19 heavy (non-hydrogen) atoms. The highest BCUT2D eigenvalue weighted by Gasteiger charge is 2.06. The van der Waals surface area contributed by atoms with Gasteiger partial charge in [-0.05, 0) is 19.5 Å². The molecule has 0 atom stereocenters. The van der Waals surface area contributed by atoms with Crippen LogP contribution >= 0.6 is 0 Å². The molecule has 5 nitrogen and oxygen atoms in total. The van der Waals surface area contributed by atoms with Crippen molar-refractivity contribution in [1.29, 1.82) is 0 Å². The van der Waals surface area contributed by atoms with Crippen LogP contribution in [-0.4, -0.2) is 33.8 Å². The molecule has 1 N–H and O–H groups in total. The molecule has 0 aliphatic rings. The quantitative estimate of drug-likeness (QED) is 0.574. The van der Waals surface area contributed by atoms with Crippen LogP contribution in [0.2, 0.25) is 0 Å². The molecule has 0 fully saturated rings. The number of ether oxygens (including phenoxy) is 3. The van der Waals surface area contributed by atoms with Gasteiger partial charge in [0.1, 0.15) is 11.5 Å². The minimum atomic E-state index is -0.218. The molecule has 1 aromatic rings. The molecule has 0 bridgehead atoms. The van der Waals surface area contributed by atoms with E-state index in [0.29, 0.717) is 19.4 Å². The van der Waals surface area contributed by atoms with Crippen molar-refractivity contribution in [2.75, 3.05) is 27.9 Å². The second-order valence-electron chi connectivity index (χ2n) is 4.03. The Kier molecular flexibility index (Phi) is 6.74. The summed E-state index contributed by atoms with van der Waals surface area (Å²) >= 11 is 0. The Balaban J connectivity index is 2.56. The molecular weight excluding hydrogens is 246 g/mol. The monoisotopic (exact) mass is 267 g/mol. The van der Waals surface area contributed by atoms with Gasteiger partial charge in [-0.1, -0.05) is 6.07 Å². The molecule has 0 unspecified atom stereocenters. The van der Waals surface area contributed by atoms with E-state index in [1.54, 1.807) is 7.11 Å². The van der Waals surface area contributed by atoms with Crippen LogP contribution in [0.1, 0.15) is 18.4 Å². The summed E-state index contributed by atoms with van der Waals surface area (Å²) in [5.41, 5.74) is 1.06. The van der Waals surface area contributed by atoms with Crippen LogP contribution in [0.5, 0.6) is 11.5 Å². The fraction of sp³-hybridized carbons (Fsp3) is 0.500. The zero-order valence-corrected chi connectivity index (χ0v) is 11.7. The lowest BCUT2D eigenvalue weighted by molar-refractivity contribution is -0.140. The Labute approximate surface area is 113 Å². The van der Waals surface area contributed by atoms with E-state index in [1.807, 2.05) is 25.2 Å². The number of carbonyl (C=O) groups excluding carboxylic acids is 1. The molecule has 0 saturated heterocycles. The SMILES string of the molecule is CNCc1ccc(OC)cc1OCCCC(=O)OC. The van der Waals surface area contributed by atoms with Gasteiger partial charge in [0.15, 0.2) is 0 Å². The first-order chi connectivity index (χ1) is 9.21. The average molecular weight is 267 g/mol. The lowest BCUT2D eigenvalue weighted by atomic mass is 10.2. The van der Waals surface area contributed by atoms with Gasteiger partial charge >= 0.3 is 5.97 Å².